The first-order valence-corrected chi connectivity index (χ1v) is 16.3. The maximum Gasteiger partial charge on any atom is 0.326 e. The number of carboxylic acids is 1. The molecule has 1 aromatic heterocycles. The average Bonchev–Trinajstić information content (AvgIpc) is 3.43. The predicted molar refractivity (Wildman–Crippen MR) is 190 cm³/mol. The highest BCUT2D eigenvalue weighted by Gasteiger charge is 2.42. The van der Waals surface area contributed by atoms with Crippen molar-refractivity contribution in [1.29, 1.82) is 0 Å². The molecule has 0 bridgehead atoms. The molecular formula is C35H56N8O5. The number of para-hydroxylation sites is 1. The molecule has 2 rings (SSSR count). The van der Waals surface area contributed by atoms with Crippen LogP contribution in [0.3, 0.4) is 0 Å². The summed E-state index contributed by atoms with van der Waals surface area (Å²) >= 11 is 0. The zero-order valence-electron chi connectivity index (χ0n) is 30.1. The maximum absolute atomic E-state index is 14.2. The first-order valence-electron chi connectivity index (χ1n) is 16.3. The van der Waals surface area contributed by atoms with E-state index < -0.39 is 46.9 Å². The first-order chi connectivity index (χ1) is 22.2. The van der Waals surface area contributed by atoms with Gasteiger partial charge in [-0.2, -0.15) is 0 Å². The molecule has 1 aromatic carbocycles. The van der Waals surface area contributed by atoms with Crippen LogP contribution >= 0.6 is 0 Å². The van der Waals surface area contributed by atoms with Gasteiger partial charge < -0.3 is 42.4 Å². The highest BCUT2D eigenvalue weighted by molar-refractivity contribution is 5.96. The summed E-state index contributed by atoms with van der Waals surface area (Å²) in [6.07, 6.45) is 4.08. The quantitative estimate of drug-likeness (QED) is 0.0611. The van der Waals surface area contributed by atoms with E-state index in [9.17, 15) is 24.3 Å². The zero-order chi connectivity index (χ0) is 36.6. The molecule has 0 fully saturated rings. The third-order valence-corrected chi connectivity index (χ3v) is 8.76. The van der Waals surface area contributed by atoms with Gasteiger partial charge in [-0.3, -0.25) is 19.4 Å². The average molecular weight is 669 g/mol. The number of aromatic amines is 1. The molecule has 1 heterocycles. The van der Waals surface area contributed by atoms with E-state index in [0.717, 1.165) is 16.5 Å². The number of hydrogen-bond donors (Lipinski definition) is 7. The molecule has 3 amide bonds. The van der Waals surface area contributed by atoms with E-state index in [1.54, 1.807) is 32.0 Å². The number of guanidine groups is 1. The van der Waals surface area contributed by atoms with Crippen molar-refractivity contribution in [2.45, 2.75) is 97.8 Å². The van der Waals surface area contributed by atoms with Crippen LogP contribution in [-0.4, -0.2) is 89.4 Å². The number of rotatable bonds is 16. The highest BCUT2D eigenvalue weighted by atomic mass is 16.4. The number of aromatic nitrogens is 1. The summed E-state index contributed by atoms with van der Waals surface area (Å²) in [7, 11) is 3.38. The van der Waals surface area contributed by atoms with Gasteiger partial charge in [0.1, 0.15) is 12.1 Å². The molecular weight excluding hydrogens is 612 g/mol. The number of amides is 3. The minimum atomic E-state index is -1.18. The van der Waals surface area contributed by atoms with E-state index in [0.29, 0.717) is 6.42 Å². The Morgan fingerprint density at radius 3 is 2.21 bits per heavy atom. The molecule has 0 saturated carbocycles. The monoisotopic (exact) mass is 668 g/mol. The molecule has 13 heteroatoms. The Labute approximate surface area is 284 Å². The van der Waals surface area contributed by atoms with Crippen molar-refractivity contribution in [2.24, 2.45) is 27.8 Å². The van der Waals surface area contributed by atoms with E-state index in [2.05, 4.69) is 25.9 Å². The summed E-state index contributed by atoms with van der Waals surface area (Å²) in [6, 6.07) is 4.68. The number of carbonyl (C=O) groups excluding carboxylic acids is 3. The molecule has 9 N–H and O–H groups in total. The van der Waals surface area contributed by atoms with Gasteiger partial charge in [0.2, 0.25) is 17.7 Å². The van der Waals surface area contributed by atoms with E-state index in [-0.39, 0.29) is 42.2 Å². The van der Waals surface area contributed by atoms with Gasteiger partial charge in [-0.25, -0.2) is 4.79 Å². The van der Waals surface area contributed by atoms with Crippen molar-refractivity contribution >= 4 is 40.6 Å². The lowest BCUT2D eigenvalue weighted by molar-refractivity contribution is -0.141. The van der Waals surface area contributed by atoms with E-state index in [1.165, 1.54) is 0 Å². The van der Waals surface area contributed by atoms with Crippen molar-refractivity contribution in [3.8, 4) is 0 Å². The summed E-state index contributed by atoms with van der Waals surface area (Å²) < 4.78 is 0. The van der Waals surface area contributed by atoms with Gasteiger partial charge in [0.25, 0.3) is 0 Å². The number of carbonyl (C=O) groups is 4. The van der Waals surface area contributed by atoms with Crippen LogP contribution in [0.4, 0.5) is 0 Å². The first kappa shape index (κ1) is 39.8. The summed E-state index contributed by atoms with van der Waals surface area (Å²) in [5.41, 5.74) is 11.5. The number of aliphatic carboxylic acids is 1. The van der Waals surface area contributed by atoms with Crippen LogP contribution in [-0.2, 0) is 24.6 Å². The molecule has 0 unspecified atom stereocenters. The van der Waals surface area contributed by atoms with E-state index in [1.807, 2.05) is 78.9 Å². The number of carboxylic acid groups (broad SMARTS) is 1. The smallest absolute Gasteiger partial charge is 0.326 e. The normalized spacial score (nSPS) is 14.9. The topological polar surface area (TPSA) is 208 Å². The summed E-state index contributed by atoms with van der Waals surface area (Å²) in [5, 5.41) is 19.5. The fourth-order valence-corrected chi connectivity index (χ4v) is 5.92. The maximum atomic E-state index is 14.2. The Kier molecular flexibility index (Phi) is 13.8. The summed E-state index contributed by atoms with van der Waals surface area (Å²) in [4.78, 5) is 61.8. The molecule has 0 saturated heterocycles. The number of likely N-dealkylation sites (N-methyl/N-ethyl adjacent to an activating group) is 2. The number of hydrogen-bond acceptors (Lipinski definition) is 6. The Bertz CT molecular complexity index is 1500. The molecule has 13 nitrogen and oxygen atoms in total. The number of fused-ring (bicyclic) bond motifs is 1. The van der Waals surface area contributed by atoms with Gasteiger partial charge in [-0.1, -0.05) is 72.7 Å². The van der Waals surface area contributed by atoms with Crippen molar-refractivity contribution in [3.63, 3.8) is 0 Å². The second-order valence-corrected chi connectivity index (χ2v) is 14.3. The Balaban J connectivity index is 2.30. The molecule has 0 aliphatic rings. The Morgan fingerprint density at radius 1 is 1.04 bits per heavy atom. The molecule has 0 spiro atoms. The van der Waals surface area contributed by atoms with Crippen LogP contribution in [0.2, 0.25) is 0 Å². The second-order valence-electron chi connectivity index (χ2n) is 14.3. The Hall–Kier alpha value is -4.39. The van der Waals surface area contributed by atoms with Crippen LogP contribution in [0.5, 0.6) is 0 Å². The molecule has 2 aromatic rings. The molecule has 48 heavy (non-hydrogen) atoms. The van der Waals surface area contributed by atoms with Crippen LogP contribution in [0.25, 0.3) is 10.9 Å². The molecule has 0 radical (unpaired) electrons. The fourth-order valence-electron chi connectivity index (χ4n) is 5.92. The number of nitrogens with two attached hydrogens (primary N) is 2. The minimum Gasteiger partial charge on any atom is -0.480 e. The van der Waals surface area contributed by atoms with E-state index in [4.69, 9.17) is 11.5 Å². The van der Waals surface area contributed by atoms with Gasteiger partial charge in [-0.15, -0.1) is 0 Å². The highest BCUT2D eigenvalue weighted by Crippen LogP contribution is 2.34. The molecule has 0 aliphatic carbocycles. The van der Waals surface area contributed by atoms with Gasteiger partial charge in [0.15, 0.2) is 5.96 Å². The second kappa shape index (κ2) is 16.6. The molecule has 266 valence electrons. The molecule has 0 aliphatic heterocycles. The predicted octanol–water partition coefficient (Wildman–Crippen LogP) is 2.62. The number of nitrogens with zero attached hydrogens (tertiary/aromatic N) is 2. The third-order valence-electron chi connectivity index (χ3n) is 8.76. The van der Waals surface area contributed by atoms with Crippen LogP contribution < -0.4 is 27.4 Å². The van der Waals surface area contributed by atoms with Crippen molar-refractivity contribution in [2.75, 3.05) is 20.6 Å². The SMILES string of the molecule is CN[C@@H](C(=O)N[C@@H](C(=O)N(C)[C@H](/C=C(\C)C(=O)N[C@H](CCCN=C(N)N)C(=O)O)C(C)C)C(C)(C)C)C(C)(C)c1c[nH]c2ccccc12. The number of benzene rings is 1. The molecule has 4 atom stereocenters. The number of nitrogens with one attached hydrogen (secondary N) is 4. The van der Waals surface area contributed by atoms with Crippen molar-refractivity contribution in [3.05, 3.63) is 47.7 Å². The minimum absolute atomic E-state index is 0.0903. The van der Waals surface area contributed by atoms with Gasteiger partial charge in [-0.05, 0) is 49.8 Å². The Morgan fingerprint density at radius 2 is 1.67 bits per heavy atom. The standard InChI is InChI=1S/C35H56N8O5/c1-20(2)26(18-21(3)29(44)41-25(32(47)48)16-13-17-39-33(36)37)43(10)31(46)28(34(4,5)6)42-30(45)27(38-9)35(7,8)23-19-40-24-15-12-11-14-22(23)24/h11-12,14-15,18-20,25-28,38,40H,13,16-17H2,1-10H3,(H,41,44)(H,42,45)(H,47,48)(H4,36,37,39)/b21-18+/t25-,26-,27+,28+/m1/s1. The fraction of sp³-hybridized carbons (Fsp3) is 0.571. The van der Waals surface area contributed by atoms with Gasteiger partial charge >= 0.3 is 5.97 Å². The summed E-state index contributed by atoms with van der Waals surface area (Å²) in [6.45, 7) is 15.3. The lowest BCUT2D eigenvalue weighted by Gasteiger charge is -2.39. The lowest BCUT2D eigenvalue weighted by Crippen LogP contribution is -2.61. The number of aliphatic imine (C=N–C) groups is 1. The third kappa shape index (κ3) is 10.1. The number of H-pyrrole nitrogens is 1. The van der Waals surface area contributed by atoms with Crippen molar-refractivity contribution < 1.29 is 24.3 Å². The van der Waals surface area contributed by atoms with Crippen LogP contribution in [0, 0.1) is 11.3 Å². The van der Waals surface area contributed by atoms with Crippen molar-refractivity contribution in [1.82, 2.24) is 25.8 Å². The largest absolute Gasteiger partial charge is 0.480 e. The van der Waals surface area contributed by atoms with E-state index >= 15 is 0 Å². The van der Waals surface area contributed by atoms with Gasteiger partial charge in [0, 0.05) is 41.7 Å². The lowest BCUT2D eigenvalue weighted by atomic mass is 9.76. The zero-order valence-corrected chi connectivity index (χ0v) is 30.1. The van der Waals surface area contributed by atoms with Gasteiger partial charge in [0.05, 0.1) is 12.1 Å². The van der Waals surface area contributed by atoms with Crippen LogP contribution in [0.15, 0.2) is 47.1 Å². The van der Waals surface area contributed by atoms with Crippen LogP contribution in [0.1, 0.15) is 73.8 Å². The summed E-state index contributed by atoms with van der Waals surface area (Å²) in [5.74, 6) is -2.58.